The molecule has 2 saturated heterocycles. The van der Waals surface area contributed by atoms with Gasteiger partial charge >= 0.3 is 0 Å². The van der Waals surface area contributed by atoms with E-state index in [1.165, 1.54) is 13.0 Å². The lowest BCUT2D eigenvalue weighted by molar-refractivity contribution is -0.138. The van der Waals surface area contributed by atoms with Crippen LogP contribution in [-0.4, -0.2) is 69.9 Å². The molecule has 0 aromatic carbocycles. The van der Waals surface area contributed by atoms with Gasteiger partial charge in [-0.3, -0.25) is 9.48 Å². The number of piperidine rings is 2. The smallest absolute Gasteiger partial charge is 0.244 e. The number of aromatic nitrogens is 2. The second-order valence-corrected chi connectivity index (χ2v) is 8.63. The number of amides is 1. The Hall–Kier alpha value is -1.40. The Morgan fingerprint density at radius 3 is 2.41 bits per heavy atom. The first-order chi connectivity index (χ1) is 12.9. The number of aliphatic hydroxyl groups is 1. The second kappa shape index (κ2) is 8.31. The van der Waals surface area contributed by atoms with E-state index in [2.05, 4.69) is 23.8 Å². The predicted octanol–water partition coefficient (Wildman–Crippen LogP) is 2.14. The van der Waals surface area contributed by atoms with Gasteiger partial charge in [-0.05, 0) is 77.1 Å². The molecule has 1 amide bonds. The molecule has 27 heavy (non-hydrogen) atoms. The molecule has 1 N–H and O–H groups in total. The van der Waals surface area contributed by atoms with Crippen LogP contribution in [0.5, 0.6) is 0 Å². The van der Waals surface area contributed by atoms with Crippen LogP contribution < -0.4 is 0 Å². The van der Waals surface area contributed by atoms with E-state index in [0.717, 1.165) is 55.8 Å². The maximum absolute atomic E-state index is 12.9. The third-order valence-electron chi connectivity index (χ3n) is 7.18. The molecule has 1 aromatic rings. The molecule has 1 aromatic heterocycles. The molecule has 3 heterocycles. The van der Waals surface area contributed by atoms with Gasteiger partial charge in [-0.2, -0.15) is 5.10 Å². The number of rotatable bonds is 5. The van der Waals surface area contributed by atoms with Crippen LogP contribution in [-0.2, 0) is 11.3 Å². The van der Waals surface area contributed by atoms with Gasteiger partial charge in [-0.15, -0.1) is 0 Å². The van der Waals surface area contributed by atoms with Gasteiger partial charge in [-0.1, -0.05) is 6.92 Å². The highest BCUT2D eigenvalue weighted by molar-refractivity contribution is 5.76. The predicted molar refractivity (Wildman–Crippen MR) is 107 cm³/mol. The number of aliphatic hydroxyl groups excluding tert-OH is 1. The van der Waals surface area contributed by atoms with E-state index in [4.69, 9.17) is 0 Å². The number of carbonyl (C=O) groups excluding carboxylic acids is 1. The van der Waals surface area contributed by atoms with Crippen LogP contribution >= 0.6 is 0 Å². The molecule has 152 valence electrons. The normalized spacial score (nSPS) is 23.1. The van der Waals surface area contributed by atoms with Gasteiger partial charge in [0, 0.05) is 31.3 Å². The summed E-state index contributed by atoms with van der Waals surface area (Å²) in [5.41, 5.74) is 3.43. The Kier molecular flexibility index (Phi) is 6.26. The minimum Gasteiger partial charge on any atom is -0.396 e. The van der Waals surface area contributed by atoms with Crippen molar-refractivity contribution in [1.82, 2.24) is 19.6 Å². The zero-order chi connectivity index (χ0) is 19.6. The summed E-state index contributed by atoms with van der Waals surface area (Å²) in [6.07, 6.45) is 4.51. The van der Waals surface area contributed by atoms with Gasteiger partial charge in [0.15, 0.2) is 0 Å². The van der Waals surface area contributed by atoms with Crippen LogP contribution in [0.2, 0.25) is 0 Å². The number of hydrogen-bond donors (Lipinski definition) is 1. The highest BCUT2D eigenvalue weighted by Gasteiger charge is 2.45. The summed E-state index contributed by atoms with van der Waals surface area (Å²) in [5.74, 6) is 0.318. The van der Waals surface area contributed by atoms with Crippen LogP contribution in [0, 0.1) is 32.1 Å². The van der Waals surface area contributed by atoms with Gasteiger partial charge < -0.3 is 14.9 Å². The van der Waals surface area contributed by atoms with Crippen molar-refractivity contribution in [3.8, 4) is 0 Å². The molecule has 0 saturated carbocycles. The van der Waals surface area contributed by atoms with Gasteiger partial charge in [0.1, 0.15) is 6.54 Å². The molecule has 1 spiro atoms. The average Bonchev–Trinajstić information content (AvgIpc) is 2.91. The number of nitrogens with zero attached hydrogens (tertiary/aromatic N) is 4. The van der Waals surface area contributed by atoms with E-state index in [1.807, 2.05) is 23.4 Å². The SMILES string of the molecule is CCCN1CCC2(CC1)CCN(C(=O)Cn1nc(C)c(C)c1C)C[C@@H]2CO. The molecule has 3 rings (SSSR count). The lowest BCUT2D eigenvalue weighted by Crippen LogP contribution is -2.55. The molecule has 6 nitrogen and oxygen atoms in total. The van der Waals surface area contributed by atoms with E-state index < -0.39 is 0 Å². The van der Waals surface area contributed by atoms with Crippen molar-refractivity contribution in [2.24, 2.45) is 11.3 Å². The van der Waals surface area contributed by atoms with Crippen molar-refractivity contribution in [2.45, 2.75) is 59.9 Å². The Morgan fingerprint density at radius 1 is 1.19 bits per heavy atom. The average molecular weight is 377 g/mol. The Bertz CT molecular complexity index is 661. The summed E-state index contributed by atoms with van der Waals surface area (Å²) in [7, 11) is 0. The topological polar surface area (TPSA) is 61.6 Å². The number of hydrogen-bond acceptors (Lipinski definition) is 4. The van der Waals surface area contributed by atoms with Crippen LogP contribution in [0.25, 0.3) is 0 Å². The van der Waals surface area contributed by atoms with Gasteiger partial charge in [0.25, 0.3) is 0 Å². The van der Waals surface area contributed by atoms with E-state index >= 15 is 0 Å². The van der Waals surface area contributed by atoms with Crippen molar-refractivity contribution in [1.29, 1.82) is 0 Å². The van der Waals surface area contributed by atoms with Crippen LogP contribution in [0.4, 0.5) is 0 Å². The van der Waals surface area contributed by atoms with Crippen LogP contribution in [0.15, 0.2) is 0 Å². The second-order valence-electron chi connectivity index (χ2n) is 8.63. The van der Waals surface area contributed by atoms with E-state index in [-0.39, 0.29) is 23.8 Å². The molecule has 0 aliphatic carbocycles. The fourth-order valence-electron chi connectivity index (χ4n) is 4.96. The van der Waals surface area contributed by atoms with Crippen molar-refractivity contribution in [3.05, 3.63) is 17.0 Å². The Labute approximate surface area is 163 Å². The molecular weight excluding hydrogens is 340 g/mol. The molecule has 2 aliphatic heterocycles. The minimum atomic E-state index is 0.123. The van der Waals surface area contributed by atoms with Gasteiger partial charge in [0.2, 0.25) is 5.91 Å². The summed E-state index contributed by atoms with van der Waals surface area (Å²) in [6.45, 7) is 13.7. The summed E-state index contributed by atoms with van der Waals surface area (Å²) in [4.78, 5) is 17.4. The maximum atomic E-state index is 12.9. The van der Waals surface area contributed by atoms with Crippen molar-refractivity contribution in [3.63, 3.8) is 0 Å². The summed E-state index contributed by atoms with van der Waals surface area (Å²) >= 11 is 0. The van der Waals surface area contributed by atoms with Crippen LogP contribution in [0.3, 0.4) is 0 Å². The van der Waals surface area contributed by atoms with Gasteiger partial charge in [-0.25, -0.2) is 0 Å². The lowest BCUT2D eigenvalue weighted by atomic mass is 9.64. The van der Waals surface area contributed by atoms with Gasteiger partial charge in [0.05, 0.1) is 5.69 Å². The Balaban J connectivity index is 1.62. The fraction of sp³-hybridized carbons (Fsp3) is 0.810. The third kappa shape index (κ3) is 4.06. The first-order valence-electron chi connectivity index (χ1n) is 10.5. The molecule has 2 fully saturated rings. The van der Waals surface area contributed by atoms with E-state index in [9.17, 15) is 9.90 Å². The molecule has 0 unspecified atom stereocenters. The zero-order valence-electron chi connectivity index (χ0n) is 17.5. The Morgan fingerprint density at radius 2 is 1.85 bits per heavy atom. The van der Waals surface area contributed by atoms with Crippen molar-refractivity contribution >= 4 is 5.91 Å². The summed E-state index contributed by atoms with van der Waals surface area (Å²) in [6, 6.07) is 0. The lowest BCUT2D eigenvalue weighted by Gasteiger charge is -2.51. The number of likely N-dealkylation sites (tertiary alicyclic amines) is 2. The standard InChI is InChI=1S/C21H36N4O2/c1-5-9-23-10-6-21(7-11-23)8-12-24(13-19(21)15-26)20(27)14-25-18(4)16(2)17(3)22-25/h19,26H,5-15H2,1-4H3/t19-/m1/s1. The monoisotopic (exact) mass is 376 g/mol. The first kappa shape index (κ1) is 20.3. The van der Waals surface area contributed by atoms with Crippen molar-refractivity contribution in [2.75, 3.05) is 39.3 Å². The molecule has 2 aliphatic rings. The fourth-order valence-corrected chi connectivity index (χ4v) is 4.96. The first-order valence-corrected chi connectivity index (χ1v) is 10.5. The van der Waals surface area contributed by atoms with Crippen molar-refractivity contribution < 1.29 is 9.90 Å². The molecule has 0 bridgehead atoms. The molecule has 0 radical (unpaired) electrons. The number of aryl methyl sites for hydroxylation is 1. The molecule has 1 atom stereocenters. The maximum Gasteiger partial charge on any atom is 0.244 e. The van der Waals surface area contributed by atoms with E-state index in [1.54, 1.807) is 0 Å². The number of carbonyl (C=O) groups is 1. The minimum absolute atomic E-state index is 0.123. The summed E-state index contributed by atoms with van der Waals surface area (Å²) < 4.78 is 1.83. The van der Waals surface area contributed by atoms with Crippen LogP contribution in [0.1, 0.15) is 49.6 Å². The highest BCUT2D eigenvalue weighted by Crippen LogP contribution is 2.45. The zero-order valence-corrected chi connectivity index (χ0v) is 17.5. The largest absolute Gasteiger partial charge is 0.396 e. The quantitative estimate of drug-likeness (QED) is 0.855. The molecular formula is C21H36N4O2. The highest BCUT2D eigenvalue weighted by atomic mass is 16.3. The van der Waals surface area contributed by atoms with E-state index in [0.29, 0.717) is 13.1 Å². The molecule has 6 heteroatoms. The third-order valence-corrected chi connectivity index (χ3v) is 7.18. The summed E-state index contributed by atoms with van der Waals surface area (Å²) in [5, 5.41) is 14.6.